The molecule has 4 N–H and O–H groups in total. The minimum absolute atomic E-state index is 0.0608. The number of hydrazine groups is 1. The second kappa shape index (κ2) is 4.22. The zero-order chi connectivity index (χ0) is 13.3. The van der Waals surface area contributed by atoms with E-state index in [4.69, 9.17) is 5.84 Å². The van der Waals surface area contributed by atoms with Gasteiger partial charge in [-0.05, 0) is 12.1 Å². The molecule has 0 fully saturated rings. The third-order valence-electron chi connectivity index (χ3n) is 2.51. The van der Waals surface area contributed by atoms with E-state index in [1.54, 1.807) is 6.07 Å². The molecular formula is C10H10F2N4O2. The number of rotatable bonds is 2. The van der Waals surface area contributed by atoms with E-state index >= 15 is 0 Å². The van der Waals surface area contributed by atoms with Crippen molar-refractivity contribution in [2.75, 3.05) is 16.8 Å². The molecule has 2 amide bonds. The average molecular weight is 256 g/mol. The predicted octanol–water partition coefficient (Wildman–Crippen LogP) is 0.0278. The van der Waals surface area contributed by atoms with Crippen LogP contribution in [-0.4, -0.2) is 24.4 Å². The van der Waals surface area contributed by atoms with E-state index < -0.39 is 24.4 Å². The van der Waals surface area contributed by atoms with Crippen molar-refractivity contribution in [3.05, 3.63) is 24.3 Å². The summed E-state index contributed by atoms with van der Waals surface area (Å²) in [6.07, 6.45) is 0. The molecule has 1 aromatic carbocycles. The normalized spacial score (nSPS) is 14.8. The van der Waals surface area contributed by atoms with Gasteiger partial charge >= 0.3 is 12.0 Å². The number of carbonyl (C=O) groups is 2. The highest BCUT2D eigenvalue weighted by Gasteiger charge is 2.48. The number of hydrogen-bond donors (Lipinski definition) is 3. The first-order valence-corrected chi connectivity index (χ1v) is 5.02. The van der Waals surface area contributed by atoms with Crippen LogP contribution in [0.25, 0.3) is 0 Å². The number of alkyl halides is 2. The van der Waals surface area contributed by atoms with Crippen LogP contribution >= 0.6 is 0 Å². The number of hydrogen-bond acceptors (Lipinski definition) is 4. The zero-order valence-corrected chi connectivity index (χ0v) is 9.11. The molecule has 2 rings (SSSR count). The van der Waals surface area contributed by atoms with Gasteiger partial charge in [0.25, 0.3) is 0 Å². The summed E-state index contributed by atoms with van der Waals surface area (Å²) >= 11 is 0. The van der Waals surface area contributed by atoms with Crippen LogP contribution in [0.5, 0.6) is 0 Å². The first-order chi connectivity index (χ1) is 8.46. The second-order valence-corrected chi connectivity index (χ2v) is 3.67. The van der Waals surface area contributed by atoms with Gasteiger partial charge in [-0.1, -0.05) is 12.1 Å². The summed E-state index contributed by atoms with van der Waals surface area (Å²) in [4.78, 5) is 22.8. The fourth-order valence-corrected chi connectivity index (χ4v) is 1.69. The number of halogens is 2. The number of para-hydroxylation sites is 2. The highest BCUT2D eigenvalue weighted by Crippen LogP contribution is 2.35. The molecule has 0 saturated carbocycles. The Morgan fingerprint density at radius 2 is 2.11 bits per heavy atom. The Kier molecular flexibility index (Phi) is 2.87. The number of benzene rings is 1. The van der Waals surface area contributed by atoms with Gasteiger partial charge in [-0.25, -0.2) is 5.84 Å². The summed E-state index contributed by atoms with van der Waals surface area (Å²) < 4.78 is 27.6. The molecule has 6 nitrogen and oxygen atoms in total. The second-order valence-electron chi connectivity index (χ2n) is 3.67. The molecule has 0 atom stereocenters. The maximum absolute atomic E-state index is 13.8. The first kappa shape index (κ1) is 12.2. The summed E-state index contributed by atoms with van der Waals surface area (Å²) in [7, 11) is 0. The van der Waals surface area contributed by atoms with E-state index in [-0.39, 0.29) is 11.4 Å². The largest absolute Gasteiger partial charge is 0.406 e. The summed E-state index contributed by atoms with van der Waals surface area (Å²) in [6.45, 7) is -0.628. The Morgan fingerprint density at radius 1 is 1.44 bits per heavy atom. The van der Waals surface area contributed by atoms with Crippen molar-refractivity contribution in [2.45, 2.75) is 6.05 Å². The molecule has 1 aliphatic heterocycles. The van der Waals surface area contributed by atoms with Crippen LogP contribution in [0.4, 0.5) is 20.2 Å². The number of anilines is 2. The molecule has 0 aromatic heterocycles. The topological polar surface area (TPSA) is 87.5 Å². The SMILES string of the molecule is NNC(=O)C(F)(F)N1CC(=O)Nc2ccccc21. The number of nitrogens with one attached hydrogen (secondary N) is 2. The molecule has 0 unspecified atom stereocenters. The van der Waals surface area contributed by atoms with Crippen molar-refractivity contribution >= 4 is 23.2 Å². The van der Waals surface area contributed by atoms with Crippen LogP contribution in [0.2, 0.25) is 0 Å². The maximum atomic E-state index is 13.8. The van der Waals surface area contributed by atoms with Crippen LogP contribution in [0.3, 0.4) is 0 Å². The van der Waals surface area contributed by atoms with E-state index in [1.807, 2.05) is 0 Å². The predicted molar refractivity (Wildman–Crippen MR) is 59.7 cm³/mol. The van der Waals surface area contributed by atoms with Gasteiger partial charge in [0.15, 0.2) is 0 Å². The number of fused-ring (bicyclic) bond motifs is 1. The minimum atomic E-state index is -3.90. The molecular weight excluding hydrogens is 246 g/mol. The van der Waals surface area contributed by atoms with E-state index in [9.17, 15) is 18.4 Å². The molecule has 0 bridgehead atoms. The van der Waals surface area contributed by atoms with Crippen molar-refractivity contribution < 1.29 is 18.4 Å². The van der Waals surface area contributed by atoms with Crippen LogP contribution < -0.4 is 21.5 Å². The van der Waals surface area contributed by atoms with Gasteiger partial charge in [-0.3, -0.25) is 19.9 Å². The molecule has 1 aliphatic rings. The lowest BCUT2D eigenvalue weighted by molar-refractivity contribution is -0.146. The lowest BCUT2D eigenvalue weighted by atomic mass is 10.2. The minimum Gasteiger partial charge on any atom is -0.323 e. The Labute approximate surface area is 101 Å². The molecule has 0 aliphatic carbocycles. The molecule has 1 heterocycles. The maximum Gasteiger partial charge on any atom is 0.406 e. The van der Waals surface area contributed by atoms with Gasteiger partial charge in [0, 0.05) is 0 Å². The number of nitrogens with zero attached hydrogens (tertiary/aromatic N) is 1. The number of carbonyl (C=O) groups excluding carboxylic acids is 2. The summed E-state index contributed by atoms with van der Waals surface area (Å²) in [5.74, 6) is 2.41. The lowest BCUT2D eigenvalue weighted by Gasteiger charge is -2.35. The fraction of sp³-hybridized carbons (Fsp3) is 0.200. The van der Waals surface area contributed by atoms with Crippen molar-refractivity contribution in [2.24, 2.45) is 5.84 Å². The average Bonchev–Trinajstić information content (AvgIpc) is 2.36. The lowest BCUT2D eigenvalue weighted by Crippen LogP contribution is -2.58. The van der Waals surface area contributed by atoms with Gasteiger partial charge in [-0.2, -0.15) is 8.78 Å². The highest BCUT2D eigenvalue weighted by atomic mass is 19.3. The van der Waals surface area contributed by atoms with Crippen molar-refractivity contribution in [1.29, 1.82) is 0 Å². The summed E-state index contributed by atoms with van der Waals surface area (Å²) in [6, 6.07) is 2.06. The molecule has 18 heavy (non-hydrogen) atoms. The third kappa shape index (κ3) is 1.86. The van der Waals surface area contributed by atoms with Crippen LogP contribution in [-0.2, 0) is 9.59 Å². The Balaban J connectivity index is 2.46. The molecule has 96 valence electrons. The third-order valence-corrected chi connectivity index (χ3v) is 2.51. The molecule has 0 spiro atoms. The zero-order valence-electron chi connectivity index (χ0n) is 9.11. The fourth-order valence-electron chi connectivity index (χ4n) is 1.69. The Bertz CT molecular complexity index is 506. The molecule has 0 saturated heterocycles. The van der Waals surface area contributed by atoms with E-state index in [1.165, 1.54) is 23.6 Å². The highest BCUT2D eigenvalue weighted by molar-refractivity contribution is 6.03. The number of amides is 2. The quantitative estimate of drug-likeness (QED) is 0.301. The van der Waals surface area contributed by atoms with E-state index in [2.05, 4.69) is 5.32 Å². The van der Waals surface area contributed by atoms with Gasteiger partial charge in [-0.15, -0.1) is 0 Å². The smallest absolute Gasteiger partial charge is 0.323 e. The van der Waals surface area contributed by atoms with Crippen molar-refractivity contribution in [3.8, 4) is 0 Å². The number of nitrogens with two attached hydrogens (primary N) is 1. The van der Waals surface area contributed by atoms with Gasteiger partial charge in [0.1, 0.15) is 6.54 Å². The van der Waals surface area contributed by atoms with Crippen LogP contribution in [0.15, 0.2) is 24.3 Å². The molecule has 1 aromatic rings. The standard InChI is InChI=1S/C10H10F2N4O2/c11-10(12,9(18)15-13)16-5-8(17)14-6-3-1-2-4-7(6)16/h1-4H,5,13H2,(H,14,17)(H,15,18). The molecule has 0 radical (unpaired) electrons. The molecule has 8 heteroatoms. The monoisotopic (exact) mass is 256 g/mol. The van der Waals surface area contributed by atoms with Gasteiger partial charge in [0.05, 0.1) is 11.4 Å². The van der Waals surface area contributed by atoms with Crippen molar-refractivity contribution in [3.63, 3.8) is 0 Å². The Hall–Kier alpha value is -2.22. The van der Waals surface area contributed by atoms with Crippen molar-refractivity contribution in [1.82, 2.24) is 5.43 Å². The Morgan fingerprint density at radius 3 is 2.78 bits per heavy atom. The van der Waals surface area contributed by atoms with Gasteiger partial charge in [0.2, 0.25) is 5.91 Å². The van der Waals surface area contributed by atoms with Crippen LogP contribution in [0, 0.1) is 0 Å². The van der Waals surface area contributed by atoms with E-state index in [0.717, 1.165) is 0 Å². The van der Waals surface area contributed by atoms with Gasteiger partial charge < -0.3 is 5.32 Å². The summed E-state index contributed by atoms with van der Waals surface area (Å²) in [5.41, 5.74) is 1.67. The van der Waals surface area contributed by atoms with Crippen LogP contribution in [0.1, 0.15) is 0 Å². The first-order valence-electron chi connectivity index (χ1n) is 5.02. The van der Waals surface area contributed by atoms with E-state index in [0.29, 0.717) is 4.90 Å². The summed E-state index contributed by atoms with van der Waals surface area (Å²) in [5, 5.41) is 2.44.